The Labute approximate surface area is 128 Å². The van der Waals surface area contributed by atoms with Gasteiger partial charge in [0.2, 0.25) is 0 Å². The van der Waals surface area contributed by atoms with Crippen LogP contribution in [0, 0.1) is 5.82 Å². The number of carboxylic acid groups (broad SMARTS) is 1. The van der Waals surface area contributed by atoms with Gasteiger partial charge in [-0.25, -0.2) is 4.39 Å². The monoisotopic (exact) mass is 306 g/mol. The highest BCUT2D eigenvalue weighted by atomic mass is 35.5. The van der Waals surface area contributed by atoms with Gasteiger partial charge < -0.3 is 5.11 Å². The van der Waals surface area contributed by atoms with E-state index in [2.05, 4.69) is 0 Å². The van der Waals surface area contributed by atoms with E-state index in [9.17, 15) is 14.3 Å². The molecule has 0 radical (unpaired) electrons. The molecule has 1 N–H and O–H groups in total. The van der Waals surface area contributed by atoms with E-state index in [0.717, 1.165) is 0 Å². The summed E-state index contributed by atoms with van der Waals surface area (Å²) < 4.78 is 14.0. The lowest BCUT2D eigenvalue weighted by atomic mass is 9.73. The van der Waals surface area contributed by atoms with Gasteiger partial charge in [0.15, 0.2) is 0 Å². The predicted molar refractivity (Wildman–Crippen MR) is 81.2 cm³/mol. The fourth-order valence-corrected chi connectivity index (χ4v) is 2.77. The second-order valence-corrected chi connectivity index (χ2v) is 5.39. The van der Waals surface area contributed by atoms with Crippen LogP contribution in [0.5, 0.6) is 0 Å². The average molecular weight is 307 g/mol. The zero-order valence-electron chi connectivity index (χ0n) is 11.6. The lowest BCUT2D eigenvalue weighted by molar-refractivity contribution is -0.144. The molecule has 21 heavy (non-hydrogen) atoms. The van der Waals surface area contributed by atoms with Crippen molar-refractivity contribution >= 4 is 17.6 Å². The molecule has 1 atom stereocenters. The summed E-state index contributed by atoms with van der Waals surface area (Å²) in [6.07, 6.45) is 0.366. The summed E-state index contributed by atoms with van der Waals surface area (Å²) in [6, 6.07) is 13.3. The maximum Gasteiger partial charge on any atom is 0.314 e. The third kappa shape index (κ3) is 2.93. The van der Waals surface area contributed by atoms with Crippen molar-refractivity contribution in [1.29, 1.82) is 0 Å². The summed E-state index contributed by atoms with van der Waals surface area (Å²) >= 11 is 6.05. The van der Waals surface area contributed by atoms with Crippen molar-refractivity contribution in [2.75, 3.05) is 0 Å². The van der Waals surface area contributed by atoms with E-state index in [0.29, 0.717) is 12.0 Å². The highest BCUT2D eigenvalue weighted by molar-refractivity contribution is 6.31. The standard InChI is InChI=1S/C17H16ClFO2/c1-2-17(16(20)21,12-7-4-3-5-8-12)11-13-14(18)9-6-10-15(13)19/h3-10H,2,11H2,1H3,(H,20,21). The Bertz CT molecular complexity index is 622. The van der Waals surface area contributed by atoms with Crippen LogP contribution in [0.25, 0.3) is 0 Å². The van der Waals surface area contributed by atoms with Crippen LogP contribution in [0.1, 0.15) is 24.5 Å². The van der Waals surface area contributed by atoms with E-state index < -0.39 is 17.2 Å². The number of hydrogen-bond acceptors (Lipinski definition) is 1. The number of aliphatic carboxylic acids is 1. The molecule has 0 saturated heterocycles. The molecular weight excluding hydrogens is 291 g/mol. The maximum absolute atomic E-state index is 14.0. The smallest absolute Gasteiger partial charge is 0.314 e. The zero-order chi connectivity index (χ0) is 15.5. The molecule has 0 fully saturated rings. The average Bonchev–Trinajstić information content (AvgIpc) is 2.48. The van der Waals surface area contributed by atoms with E-state index in [-0.39, 0.29) is 17.0 Å². The summed E-state index contributed by atoms with van der Waals surface area (Å²) in [5.74, 6) is -1.45. The molecule has 0 bridgehead atoms. The molecule has 0 aliphatic heterocycles. The number of benzene rings is 2. The van der Waals surface area contributed by atoms with Gasteiger partial charge in [0, 0.05) is 10.6 Å². The second-order valence-electron chi connectivity index (χ2n) is 4.98. The van der Waals surface area contributed by atoms with Crippen molar-refractivity contribution in [1.82, 2.24) is 0 Å². The Balaban J connectivity index is 2.55. The molecule has 2 aromatic rings. The molecule has 4 heteroatoms. The molecule has 0 amide bonds. The van der Waals surface area contributed by atoms with Crippen LogP contribution in [-0.4, -0.2) is 11.1 Å². The van der Waals surface area contributed by atoms with Gasteiger partial charge in [-0.3, -0.25) is 4.79 Å². The number of halogens is 2. The van der Waals surface area contributed by atoms with Crippen molar-refractivity contribution in [2.24, 2.45) is 0 Å². The Morgan fingerprint density at radius 1 is 1.19 bits per heavy atom. The molecule has 0 aromatic heterocycles. The van der Waals surface area contributed by atoms with Crippen molar-refractivity contribution < 1.29 is 14.3 Å². The topological polar surface area (TPSA) is 37.3 Å². The first-order valence-corrected chi connectivity index (χ1v) is 7.11. The van der Waals surface area contributed by atoms with Crippen LogP contribution in [-0.2, 0) is 16.6 Å². The number of hydrogen-bond donors (Lipinski definition) is 1. The fourth-order valence-electron chi connectivity index (χ4n) is 2.54. The quantitative estimate of drug-likeness (QED) is 0.886. The third-order valence-electron chi connectivity index (χ3n) is 3.88. The van der Waals surface area contributed by atoms with Crippen LogP contribution in [0.2, 0.25) is 5.02 Å². The molecule has 1 unspecified atom stereocenters. The lowest BCUT2D eigenvalue weighted by Gasteiger charge is -2.29. The molecule has 0 spiro atoms. The molecule has 0 aliphatic rings. The number of rotatable bonds is 5. The van der Waals surface area contributed by atoms with Gasteiger partial charge >= 0.3 is 5.97 Å². The second kappa shape index (κ2) is 6.27. The van der Waals surface area contributed by atoms with Gasteiger partial charge in [-0.2, -0.15) is 0 Å². The lowest BCUT2D eigenvalue weighted by Crippen LogP contribution is -2.38. The first-order valence-electron chi connectivity index (χ1n) is 6.73. The molecule has 110 valence electrons. The van der Waals surface area contributed by atoms with Crippen molar-refractivity contribution in [3.8, 4) is 0 Å². The van der Waals surface area contributed by atoms with Gasteiger partial charge in [0.25, 0.3) is 0 Å². The van der Waals surface area contributed by atoms with E-state index >= 15 is 0 Å². The first kappa shape index (κ1) is 15.5. The van der Waals surface area contributed by atoms with Gasteiger partial charge in [-0.1, -0.05) is 54.9 Å². The van der Waals surface area contributed by atoms with E-state index in [4.69, 9.17) is 11.6 Å². The highest BCUT2D eigenvalue weighted by Gasteiger charge is 2.39. The SMILES string of the molecule is CCC(Cc1c(F)cccc1Cl)(C(=O)O)c1ccccc1. The van der Waals surface area contributed by atoms with Gasteiger partial charge in [0.05, 0.1) is 5.41 Å². The van der Waals surface area contributed by atoms with Crippen molar-refractivity contribution in [3.05, 3.63) is 70.5 Å². The minimum atomic E-state index is -1.19. The van der Waals surface area contributed by atoms with Crippen LogP contribution in [0.15, 0.2) is 48.5 Å². The third-order valence-corrected chi connectivity index (χ3v) is 4.23. The van der Waals surface area contributed by atoms with Crippen LogP contribution in [0.4, 0.5) is 4.39 Å². The molecule has 2 aromatic carbocycles. The Kier molecular flexibility index (Phi) is 4.63. The molecule has 0 aliphatic carbocycles. The van der Waals surface area contributed by atoms with Crippen molar-refractivity contribution in [3.63, 3.8) is 0 Å². The Hall–Kier alpha value is -1.87. The zero-order valence-corrected chi connectivity index (χ0v) is 12.4. The molecule has 2 rings (SSSR count). The Morgan fingerprint density at radius 2 is 1.86 bits per heavy atom. The predicted octanol–water partition coefficient (Wildman–Crippen LogP) is 4.45. The summed E-state index contributed by atoms with van der Waals surface area (Å²) in [4.78, 5) is 11.9. The molecule has 2 nitrogen and oxygen atoms in total. The van der Waals surface area contributed by atoms with Gasteiger partial charge in [-0.15, -0.1) is 0 Å². The number of carbonyl (C=O) groups is 1. The summed E-state index contributed by atoms with van der Waals surface area (Å²) in [7, 11) is 0. The van der Waals surface area contributed by atoms with Gasteiger partial charge in [-0.05, 0) is 30.5 Å². The Morgan fingerprint density at radius 3 is 2.38 bits per heavy atom. The normalized spacial score (nSPS) is 13.7. The summed E-state index contributed by atoms with van der Waals surface area (Å²) in [5.41, 5.74) is -0.292. The van der Waals surface area contributed by atoms with Gasteiger partial charge in [0.1, 0.15) is 5.82 Å². The molecule has 0 heterocycles. The summed E-state index contributed by atoms with van der Waals surface area (Å²) in [6.45, 7) is 1.79. The molecule has 0 saturated carbocycles. The van der Waals surface area contributed by atoms with Crippen LogP contribution >= 0.6 is 11.6 Å². The van der Waals surface area contributed by atoms with Crippen molar-refractivity contribution in [2.45, 2.75) is 25.2 Å². The van der Waals surface area contributed by atoms with Crippen LogP contribution < -0.4 is 0 Å². The van der Waals surface area contributed by atoms with Crippen LogP contribution in [0.3, 0.4) is 0 Å². The number of carboxylic acids is 1. The summed E-state index contributed by atoms with van der Waals surface area (Å²) in [5, 5.41) is 10.0. The fraction of sp³-hybridized carbons (Fsp3) is 0.235. The van der Waals surface area contributed by atoms with E-state index in [1.165, 1.54) is 12.1 Å². The van der Waals surface area contributed by atoms with E-state index in [1.807, 2.05) is 6.07 Å². The minimum Gasteiger partial charge on any atom is -0.481 e. The van der Waals surface area contributed by atoms with E-state index in [1.54, 1.807) is 37.3 Å². The molecular formula is C17H16ClFO2. The maximum atomic E-state index is 14.0. The minimum absolute atomic E-state index is 0.0222. The highest BCUT2D eigenvalue weighted by Crippen LogP contribution is 2.35. The first-order chi connectivity index (χ1) is 10.0. The largest absolute Gasteiger partial charge is 0.481 e.